The van der Waals surface area contributed by atoms with E-state index in [0.717, 1.165) is 0 Å². The van der Waals surface area contributed by atoms with E-state index in [4.69, 9.17) is 39.1 Å². The highest BCUT2D eigenvalue weighted by atomic mass is 35.5. The third kappa shape index (κ3) is 3.53. The van der Waals surface area contributed by atoms with E-state index in [9.17, 15) is 0 Å². The highest BCUT2D eigenvalue weighted by molar-refractivity contribution is 6.34. The van der Waals surface area contributed by atoms with Crippen molar-refractivity contribution in [3.63, 3.8) is 0 Å². The van der Waals surface area contributed by atoms with E-state index < -0.39 is 0 Å². The summed E-state index contributed by atoms with van der Waals surface area (Å²) < 4.78 is 5.11. The van der Waals surface area contributed by atoms with Gasteiger partial charge < -0.3 is 10.5 Å². The summed E-state index contributed by atoms with van der Waals surface area (Å²) in [6, 6.07) is 4.82. The molecule has 0 aliphatic carbocycles. The number of nitrogens with one attached hydrogen (secondary N) is 1. The molecule has 0 aliphatic rings. The Kier molecular flexibility index (Phi) is 3.39. The van der Waals surface area contributed by atoms with Crippen molar-refractivity contribution in [2.75, 3.05) is 6.61 Å². The molecule has 1 aromatic rings. The van der Waals surface area contributed by atoms with Crippen molar-refractivity contribution in [1.82, 2.24) is 0 Å². The van der Waals surface area contributed by atoms with Gasteiger partial charge in [0.25, 0.3) is 0 Å². The minimum atomic E-state index is -0.0453. The molecule has 0 saturated carbocycles. The second-order valence-corrected chi connectivity index (χ2v) is 3.29. The zero-order valence-corrected chi connectivity index (χ0v) is 8.19. The number of halogens is 2. The van der Waals surface area contributed by atoms with Crippen LogP contribution in [-0.2, 0) is 0 Å². The average molecular weight is 219 g/mol. The van der Waals surface area contributed by atoms with Crippen LogP contribution in [0.3, 0.4) is 0 Å². The molecule has 0 radical (unpaired) electrons. The van der Waals surface area contributed by atoms with Crippen LogP contribution in [-0.4, -0.2) is 12.4 Å². The van der Waals surface area contributed by atoms with Gasteiger partial charge in [0.15, 0.2) is 0 Å². The topological polar surface area (TPSA) is 59.1 Å². The van der Waals surface area contributed by atoms with Crippen molar-refractivity contribution in [3.8, 4) is 5.75 Å². The molecule has 3 N–H and O–H groups in total. The Hall–Kier alpha value is -0.930. The van der Waals surface area contributed by atoms with Gasteiger partial charge in [0.2, 0.25) is 0 Å². The highest BCUT2D eigenvalue weighted by Gasteiger charge is 1.99. The van der Waals surface area contributed by atoms with E-state index in [0.29, 0.717) is 15.8 Å². The molecule has 70 valence electrons. The van der Waals surface area contributed by atoms with E-state index >= 15 is 0 Å². The lowest BCUT2D eigenvalue weighted by Gasteiger charge is -2.05. The summed E-state index contributed by atoms with van der Waals surface area (Å²) in [5.41, 5.74) is 5.11. The Labute approximate surface area is 85.9 Å². The van der Waals surface area contributed by atoms with Gasteiger partial charge in [-0.25, -0.2) is 0 Å². The second-order valence-electron chi connectivity index (χ2n) is 2.42. The first kappa shape index (κ1) is 10.2. The fourth-order valence-corrected chi connectivity index (χ4v) is 1.28. The van der Waals surface area contributed by atoms with Gasteiger partial charge in [0.05, 0.1) is 0 Å². The maximum Gasteiger partial charge on any atom is 0.145 e. The molecule has 1 aromatic carbocycles. The molecule has 3 nitrogen and oxygen atoms in total. The second kappa shape index (κ2) is 4.35. The molecule has 0 unspecified atom stereocenters. The normalized spacial score (nSPS) is 9.69. The Morgan fingerprint density at radius 3 is 2.31 bits per heavy atom. The summed E-state index contributed by atoms with van der Waals surface area (Å²) in [6.07, 6.45) is 0. The molecule has 0 fully saturated rings. The smallest absolute Gasteiger partial charge is 0.145 e. The fourth-order valence-electron chi connectivity index (χ4n) is 0.773. The van der Waals surface area contributed by atoms with E-state index in [2.05, 4.69) is 0 Å². The van der Waals surface area contributed by atoms with Gasteiger partial charge in [-0.1, -0.05) is 23.2 Å². The van der Waals surface area contributed by atoms with Gasteiger partial charge in [-0.3, -0.25) is 5.41 Å². The fraction of sp³-hybridized carbons (Fsp3) is 0.125. The first-order valence-corrected chi connectivity index (χ1v) is 4.25. The third-order valence-electron chi connectivity index (χ3n) is 1.23. The van der Waals surface area contributed by atoms with Crippen LogP contribution in [0.1, 0.15) is 0 Å². The molecule has 0 aromatic heterocycles. The van der Waals surface area contributed by atoms with Gasteiger partial charge in [-0.2, -0.15) is 0 Å². The lowest BCUT2D eigenvalue weighted by Crippen LogP contribution is -2.19. The Morgan fingerprint density at radius 1 is 1.31 bits per heavy atom. The Morgan fingerprint density at radius 2 is 1.85 bits per heavy atom. The Bertz CT molecular complexity index is 308. The molecule has 0 saturated heterocycles. The summed E-state index contributed by atoms with van der Waals surface area (Å²) in [5.74, 6) is 0.462. The lowest BCUT2D eigenvalue weighted by atomic mass is 10.3. The lowest BCUT2D eigenvalue weighted by molar-refractivity contribution is 0.374. The van der Waals surface area contributed by atoms with E-state index in [1.165, 1.54) is 0 Å². The molecule has 0 aliphatic heterocycles. The van der Waals surface area contributed by atoms with E-state index in [1.807, 2.05) is 0 Å². The molecule has 13 heavy (non-hydrogen) atoms. The van der Waals surface area contributed by atoms with E-state index in [1.54, 1.807) is 18.2 Å². The maximum atomic E-state index is 6.94. The van der Waals surface area contributed by atoms with Crippen molar-refractivity contribution >= 4 is 29.0 Å². The van der Waals surface area contributed by atoms with Gasteiger partial charge in [-0.15, -0.1) is 0 Å². The van der Waals surface area contributed by atoms with Crippen molar-refractivity contribution in [2.24, 2.45) is 5.73 Å². The highest BCUT2D eigenvalue weighted by Crippen LogP contribution is 2.23. The monoisotopic (exact) mass is 218 g/mol. The van der Waals surface area contributed by atoms with Crippen molar-refractivity contribution in [1.29, 1.82) is 5.41 Å². The quantitative estimate of drug-likeness (QED) is 0.605. The predicted molar refractivity (Wildman–Crippen MR) is 53.9 cm³/mol. The number of hydrogen-bond acceptors (Lipinski definition) is 2. The summed E-state index contributed by atoms with van der Waals surface area (Å²) in [6.45, 7) is 0.0384. The molecule has 0 amide bonds. The largest absolute Gasteiger partial charge is 0.486 e. The van der Waals surface area contributed by atoms with E-state index in [-0.39, 0.29) is 12.4 Å². The molecule has 1 rings (SSSR count). The van der Waals surface area contributed by atoms with Crippen LogP contribution in [0.4, 0.5) is 0 Å². The molecular weight excluding hydrogens is 211 g/mol. The minimum absolute atomic E-state index is 0.0384. The number of hydrogen-bond donors (Lipinski definition) is 2. The first-order chi connectivity index (χ1) is 6.08. The summed E-state index contributed by atoms with van der Waals surface area (Å²) in [5, 5.41) is 7.92. The number of ether oxygens (including phenoxy) is 1. The van der Waals surface area contributed by atoms with Crippen LogP contribution in [0.25, 0.3) is 0 Å². The molecule has 0 atom stereocenters. The Balaban J connectivity index is 2.71. The van der Waals surface area contributed by atoms with Crippen molar-refractivity contribution in [2.45, 2.75) is 0 Å². The summed E-state index contributed by atoms with van der Waals surface area (Å²) >= 11 is 11.4. The SMILES string of the molecule is N=C(N)COc1cc(Cl)cc(Cl)c1. The number of nitrogens with two attached hydrogens (primary N) is 1. The molecule has 0 heterocycles. The van der Waals surface area contributed by atoms with Crippen LogP contribution in [0.2, 0.25) is 10.0 Å². The predicted octanol–water partition coefficient (Wildman–Crippen LogP) is 2.31. The molecule has 0 spiro atoms. The molecule has 0 bridgehead atoms. The van der Waals surface area contributed by atoms with Crippen molar-refractivity contribution in [3.05, 3.63) is 28.2 Å². The van der Waals surface area contributed by atoms with Crippen LogP contribution < -0.4 is 10.5 Å². The number of benzene rings is 1. The zero-order chi connectivity index (χ0) is 9.84. The maximum absolute atomic E-state index is 6.94. The van der Waals surface area contributed by atoms with Gasteiger partial charge >= 0.3 is 0 Å². The molecule has 5 heteroatoms. The molecular formula is C8H8Cl2N2O. The van der Waals surface area contributed by atoms with Gasteiger partial charge in [-0.05, 0) is 18.2 Å². The minimum Gasteiger partial charge on any atom is -0.486 e. The van der Waals surface area contributed by atoms with Crippen molar-refractivity contribution < 1.29 is 4.74 Å². The van der Waals surface area contributed by atoms with Crippen LogP contribution in [0, 0.1) is 5.41 Å². The van der Waals surface area contributed by atoms with Crippen LogP contribution >= 0.6 is 23.2 Å². The number of rotatable bonds is 3. The zero-order valence-electron chi connectivity index (χ0n) is 6.68. The summed E-state index contributed by atoms with van der Waals surface area (Å²) in [7, 11) is 0. The number of amidine groups is 1. The summed E-state index contributed by atoms with van der Waals surface area (Å²) in [4.78, 5) is 0. The van der Waals surface area contributed by atoms with Crippen LogP contribution in [0.5, 0.6) is 5.75 Å². The van der Waals surface area contributed by atoms with Crippen LogP contribution in [0.15, 0.2) is 18.2 Å². The standard InChI is InChI=1S/C8H8Cl2N2O/c9-5-1-6(10)3-7(2-5)13-4-8(11)12/h1-3H,4H2,(H3,11,12). The first-order valence-electron chi connectivity index (χ1n) is 3.50. The third-order valence-corrected chi connectivity index (χ3v) is 1.67. The van der Waals surface area contributed by atoms with Gasteiger partial charge in [0.1, 0.15) is 18.2 Å². The van der Waals surface area contributed by atoms with Gasteiger partial charge in [0, 0.05) is 10.0 Å². The average Bonchev–Trinajstić information content (AvgIpc) is 1.99.